The SMILES string of the molecule is NC1CC(F)(Cc2cc(F)ccc2Cl)C1. The van der Waals surface area contributed by atoms with Crippen LogP contribution in [0.5, 0.6) is 0 Å². The maximum Gasteiger partial charge on any atom is 0.123 e. The average Bonchev–Trinajstić information content (AvgIpc) is 2.09. The number of hydrogen-bond acceptors (Lipinski definition) is 1. The molecule has 2 rings (SSSR count). The van der Waals surface area contributed by atoms with Crippen molar-refractivity contribution < 1.29 is 8.78 Å². The summed E-state index contributed by atoms with van der Waals surface area (Å²) in [5.74, 6) is -0.387. The molecule has 1 aliphatic carbocycles. The molecular formula is C11H12ClF2N. The summed E-state index contributed by atoms with van der Waals surface area (Å²) in [7, 11) is 0. The molecule has 1 aromatic carbocycles. The van der Waals surface area contributed by atoms with Crippen LogP contribution in [0.15, 0.2) is 18.2 Å². The Kier molecular flexibility index (Phi) is 2.69. The van der Waals surface area contributed by atoms with Gasteiger partial charge in [-0.2, -0.15) is 0 Å². The van der Waals surface area contributed by atoms with Crippen molar-refractivity contribution in [3.8, 4) is 0 Å². The van der Waals surface area contributed by atoms with Crippen molar-refractivity contribution >= 4 is 11.6 Å². The first-order valence-corrected chi connectivity index (χ1v) is 5.25. The molecule has 2 N–H and O–H groups in total. The van der Waals surface area contributed by atoms with Crippen molar-refractivity contribution in [2.45, 2.75) is 31.0 Å². The van der Waals surface area contributed by atoms with Gasteiger partial charge in [-0.3, -0.25) is 0 Å². The van der Waals surface area contributed by atoms with Gasteiger partial charge in [0.05, 0.1) is 0 Å². The Balaban J connectivity index is 2.14. The molecule has 0 atom stereocenters. The Morgan fingerprint density at radius 2 is 2.13 bits per heavy atom. The van der Waals surface area contributed by atoms with Gasteiger partial charge in [-0.1, -0.05) is 11.6 Å². The van der Waals surface area contributed by atoms with Crippen molar-refractivity contribution in [1.82, 2.24) is 0 Å². The predicted octanol–water partition coefficient (Wildman–Crippen LogP) is 2.85. The van der Waals surface area contributed by atoms with Gasteiger partial charge in [-0.25, -0.2) is 8.78 Å². The monoisotopic (exact) mass is 231 g/mol. The summed E-state index contributed by atoms with van der Waals surface area (Å²) in [6.07, 6.45) is 0.816. The highest BCUT2D eigenvalue weighted by atomic mass is 35.5. The van der Waals surface area contributed by atoms with Crippen LogP contribution in [-0.2, 0) is 6.42 Å². The molecule has 0 saturated heterocycles. The summed E-state index contributed by atoms with van der Waals surface area (Å²) in [4.78, 5) is 0. The molecule has 1 aliphatic rings. The molecule has 0 radical (unpaired) electrons. The zero-order valence-electron chi connectivity index (χ0n) is 8.14. The van der Waals surface area contributed by atoms with Gasteiger partial charge in [0.15, 0.2) is 0 Å². The quantitative estimate of drug-likeness (QED) is 0.832. The molecule has 0 bridgehead atoms. The normalized spacial score (nSPS) is 30.0. The number of hydrogen-bond donors (Lipinski definition) is 1. The van der Waals surface area contributed by atoms with Gasteiger partial charge in [0.2, 0.25) is 0 Å². The lowest BCUT2D eigenvalue weighted by atomic mass is 9.74. The van der Waals surface area contributed by atoms with Crippen LogP contribution in [0.25, 0.3) is 0 Å². The average molecular weight is 232 g/mol. The minimum absolute atomic E-state index is 0.0673. The van der Waals surface area contributed by atoms with Crippen molar-refractivity contribution in [2.75, 3.05) is 0 Å². The maximum absolute atomic E-state index is 13.9. The second-order valence-electron chi connectivity index (χ2n) is 4.23. The van der Waals surface area contributed by atoms with E-state index in [0.29, 0.717) is 23.4 Å². The van der Waals surface area contributed by atoms with Crippen molar-refractivity contribution in [1.29, 1.82) is 0 Å². The third kappa shape index (κ3) is 2.29. The fraction of sp³-hybridized carbons (Fsp3) is 0.455. The molecule has 1 aromatic rings. The molecule has 0 spiro atoms. The highest BCUT2D eigenvalue weighted by molar-refractivity contribution is 6.31. The first-order chi connectivity index (χ1) is 6.98. The van der Waals surface area contributed by atoms with Crippen LogP contribution in [-0.4, -0.2) is 11.7 Å². The summed E-state index contributed by atoms with van der Waals surface area (Å²) >= 11 is 5.86. The molecule has 0 aliphatic heterocycles. The number of rotatable bonds is 2. The van der Waals surface area contributed by atoms with Crippen LogP contribution >= 0.6 is 11.6 Å². The summed E-state index contributed by atoms with van der Waals surface area (Å²) in [6, 6.07) is 3.94. The highest BCUT2D eigenvalue weighted by Crippen LogP contribution is 2.39. The van der Waals surface area contributed by atoms with Crippen LogP contribution in [0.3, 0.4) is 0 Å². The minimum Gasteiger partial charge on any atom is -0.327 e. The van der Waals surface area contributed by atoms with E-state index < -0.39 is 5.67 Å². The van der Waals surface area contributed by atoms with Gasteiger partial charge in [0, 0.05) is 17.5 Å². The standard InChI is InChI=1S/C11H12ClF2N/c12-10-2-1-8(13)3-7(10)4-11(14)5-9(15)6-11/h1-3,9H,4-6,15H2. The second kappa shape index (κ2) is 3.72. The molecule has 0 unspecified atom stereocenters. The molecular weight excluding hydrogens is 220 g/mol. The zero-order valence-corrected chi connectivity index (χ0v) is 8.90. The van der Waals surface area contributed by atoms with E-state index in [0.717, 1.165) is 0 Å². The smallest absolute Gasteiger partial charge is 0.123 e. The Hall–Kier alpha value is -0.670. The van der Waals surface area contributed by atoms with Gasteiger partial charge in [-0.05, 0) is 36.6 Å². The van der Waals surface area contributed by atoms with E-state index in [4.69, 9.17) is 17.3 Å². The van der Waals surface area contributed by atoms with Crippen molar-refractivity contribution in [3.05, 3.63) is 34.6 Å². The van der Waals surface area contributed by atoms with Crippen molar-refractivity contribution in [2.24, 2.45) is 5.73 Å². The van der Waals surface area contributed by atoms with E-state index in [1.807, 2.05) is 0 Å². The summed E-state index contributed by atoms with van der Waals surface area (Å²) in [6.45, 7) is 0. The highest BCUT2D eigenvalue weighted by Gasteiger charge is 2.43. The summed E-state index contributed by atoms with van der Waals surface area (Å²) in [5.41, 5.74) is 4.75. The molecule has 1 fully saturated rings. The molecule has 4 heteroatoms. The lowest BCUT2D eigenvalue weighted by Crippen LogP contribution is -2.49. The van der Waals surface area contributed by atoms with Crippen LogP contribution in [0, 0.1) is 5.82 Å². The second-order valence-corrected chi connectivity index (χ2v) is 4.64. The molecule has 0 amide bonds. The van der Waals surface area contributed by atoms with Crippen LogP contribution in [0.4, 0.5) is 8.78 Å². The van der Waals surface area contributed by atoms with E-state index in [1.54, 1.807) is 0 Å². The zero-order chi connectivity index (χ0) is 11.1. The lowest BCUT2D eigenvalue weighted by Gasteiger charge is -2.39. The topological polar surface area (TPSA) is 26.0 Å². The Bertz CT molecular complexity index is 375. The predicted molar refractivity (Wildman–Crippen MR) is 56.2 cm³/mol. The molecule has 82 valence electrons. The largest absolute Gasteiger partial charge is 0.327 e. The van der Waals surface area contributed by atoms with Crippen LogP contribution < -0.4 is 5.73 Å². The molecule has 1 nitrogen and oxygen atoms in total. The number of alkyl halides is 1. The summed E-state index contributed by atoms with van der Waals surface area (Å²) in [5, 5.41) is 0.411. The fourth-order valence-electron chi connectivity index (χ4n) is 2.04. The number of nitrogens with two attached hydrogens (primary N) is 1. The number of halogens is 3. The fourth-order valence-corrected chi connectivity index (χ4v) is 2.23. The lowest BCUT2D eigenvalue weighted by molar-refractivity contribution is 0.0444. The van der Waals surface area contributed by atoms with E-state index >= 15 is 0 Å². The van der Waals surface area contributed by atoms with E-state index in [2.05, 4.69) is 0 Å². The molecule has 1 saturated carbocycles. The summed E-state index contributed by atoms with van der Waals surface area (Å²) < 4.78 is 26.8. The van der Waals surface area contributed by atoms with Gasteiger partial charge in [-0.15, -0.1) is 0 Å². The first-order valence-electron chi connectivity index (χ1n) is 4.87. The minimum atomic E-state index is -1.29. The first kappa shape index (κ1) is 10.8. The molecule has 0 heterocycles. The van der Waals surface area contributed by atoms with Crippen LogP contribution in [0.1, 0.15) is 18.4 Å². The Morgan fingerprint density at radius 1 is 1.47 bits per heavy atom. The van der Waals surface area contributed by atoms with E-state index in [1.165, 1.54) is 18.2 Å². The Morgan fingerprint density at radius 3 is 2.73 bits per heavy atom. The van der Waals surface area contributed by atoms with Gasteiger partial charge >= 0.3 is 0 Å². The van der Waals surface area contributed by atoms with E-state index in [-0.39, 0.29) is 18.3 Å². The van der Waals surface area contributed by atoms with Gasteiger partial charge in [0.1, 0.15) is 11.5 Å². The van der Waals surface area contributed by atoms with Crippen molar-refractivity contribution in [3.63, 3.8) is 0 Å². The third-order valence-corrected chi connectivity index (χ3v) is 3.14. The third-order valence-electron chi connectivity index (χ3n) is 2.77. The Labute approximate surface area is 92.2 Å². The number of benzene rings is 1. The van der Waals surface area contributed by atoms with Crippen LogP contribution in [0.2, 0.25) is 5.02 Å². The maximum atomic E-state index is 13.9. The molecule has 0 aromatic heterocycles. The van der Waals surface area contributed by atoms with Gasteiger partial charge < -0.3 is 5.73 Å². The molecule has 15 heavy (non-hydrogen) atoms. The van der Waals surface area contributed by atoms with E-state index in [9.17, 15) is 8.78 Å². The van der Waals surface area contributed by atoms with Gasteiger partial charge in [0.25, 0.3) is 0 Å².